The van der Waals surface area contributed by atoms with Crippen LogP contribution in [0.3, 0.4) is 0 Å². The lowest BCUT2D eigenvalue weighted by Gasteiger charge is -2.16. The molecule has 0 amide bonds. The van der Waals surface area contributed by atoms with E-state index in [1.54, 1.807) is 19.1 Å². The number of aliphatic imine (C=N–C) groups is 1. The topological polar surface area (TPSA) is 50.4 Å². The molecule has 3 N–H and O–H groups in total. The molecule has 1 aromatic carbocycles. The van der Waals surface area contributed by atoms with E-state index in [9.17, 15) is 4.39 Å². The Bertz CT molecular complexity index is 405. The van der Waals surface area contributed by atoms with Gasteiger partial charge in [-0.15, -0.1) is 0 Å². The highest BCUT2D eigenvalue weighted by atomic mass is 19.1. The minimum atomic E-state index is -0.232. The van der Waals surface area contributed by atoms with Gasteiger partial charge >= 0.3 is 0 Å². The van der Waals surface area contributed by atoms with E-state index >= 15 is 0 Å². The summed E-state index contributed by atoms with van der Waals surface area (Å²) < 4.78 is 13.1. The fourth-order valence-corrected chi connectivity index (χ4v) is 1.31. The van der Waals surface area contributed by atoms with Gasteiger partial charge < -0.3 is 5.43 Å². The summed E-state index contributed by atoms with van der Waals surface area (Å²) in [6.45, 7) is 7.63. The summed E-state index contributed by atoms with van der Waals surface area (Å²) in [5.74, 6) is 5.76. The molecular formula is C12H18FN3. The van der Waals surface area contributed by atoms with Crippen LogP contribution in [-0.4, -0.2) is 11.4 Å². The van der Waals surface area contributed by atoms with Crippen molar-refractivity contribution in [3.8, 4) is 0 Å². The van der Waals surface area contributed by atoms with Gasteiger partial charge in [0.1, 0.15) is 11.7 Å². The first-order valence-electron chi connectivity index (χ1n) is 5.16. The van der Waals surface area contributed by atoms with Crippen molar-refractivity contribution in [2.24, 2.45) is 10.8 Å². The minimum absolute atomic E-state index is 0.226. The first-order valence-corrected chi connectivity index (χ1v) is 5.16. The molecule has 0 bridgehead atoms. The van der Waals surface area contributed by atoms with Gasteiger partial charge in [0.05, 0.1) is 5.54 Å². The van der Waals surface area contributed by atoms with E-state index in [4.69, 9.17) is 5.84 Å². The molecule has 3 nitrogen and oxygen atoms in total. The van der Waals surface area contributed by atoms with Gasteiger partial charge in [0, 0.05) is 5.56 Å². The Morgan fingerprint density at radius 1 is 1.38 bits per heavy atom. The van der Waals surface area contributed by atoms with Gasteiger partial charge in [-0.1, -0.05) is 0 Å². The molecule has 0 aliphatic heterocycles. The monoisotopic (exact) mass is 223 g/mol. The van der Waals surface area contributed by atoms with Crippen molar-refractivity contribution < 1.29 is 4.39 Å². The van der Waals surface area contributed by atoms with Gasteiger partial charge in [0.25, 0.3) is 0 Å². The highest BCUT2D eigenvalue weighted by molar-refractivity contribution is 5.98. The van der Waals surface area contributed by atoms with Crippen LogP contribution in [0, 0.1) is 12.7 Å². The third-order valence-corrected chi connectivity index (χ3v) is 2.02. The fraction of sp³-hybridized carbons (Fsp3) is 0.417. The smallest absolute Gasteiger partial charge is 0.143 e. The second-order valence-electron chi connectivity index (χ2n) is 4.74. The Hall–Kier alpha value is -1.42. The van der Waals surface area contributed by atoms with E-state index in [2.05, 4.69) is 10.4 Å². The molecule has 16 heavy (non-hydrogen) atoms. The van der Waals surface area contributed by atoms with Crippen molar-refractivity contribution in [1.82, 2.24) is 5.43 Å². The molecule has 0 atom stereocenters. The minimum Gasteiger partial charge on any atom is -0.308 e. The van der Waals surface area contributed by atoms with E-state index in [1.807, 2.05) is 20.8 Å². The maximum absolute atomic E-state index is 13.1. The third kappa shape index (κ3) is 3.31. The number of halogens is 1. The predicted octanol–water partition coefficient (Wildman–Crippen LogP) is 2.14. The second kappa shape index (κ2) is 4.61. The summed E-state index contributed by atoms with van der Waals surface area (Å²) >= 11 is 0. The van der Waals surface area contributed by atoms with Crippen LogP contribution in [0.2, 0.25) is 0 Å². The highest BCUT2D eigenvalue weighted by Crippen LogP contribution is 2.13. The Morgan fingerprint density at radius 2 is 2.00 bits per heavy atom. The maximum Gasteiger partial charge on any atom is 0.143 e. The van der Waals surface area contributed by atoms with Crippen molar-refractivity contribution in [1.29, 1.82) is 0 Å². The summed E-state index contributed by atoms with van der Waals surface area (Å²) in [6.07, 6.45) is 0. The van der Waals surface area contributed by atoms with Crippen LogP contribution < -0.4 is 11.3 Å². The number of hydrogen-bond donors (Lipinski definition) is 2. The van der Waals surface area contributed by atoms with E-state index in [-0.39, 0.29) is 11.4 Å². The molecule has 0 spiro atoms. The van der Waals surface area contributed by atoms with Gasteiger partial charge in [-0.25, -0.2) is 10.2 Å². The largest absolute Gasteiger partial charge is 0.308 e. The number of benzene rings is 1. The zero-order valence-corrected chi connectivity index (χ0v) is 10.1. The molecular weight excluding hydrogens is 205 g/mol. The zero-order chi connectivity index (χ0) is 12.3. The molecule has 4 heteroatoms. The lowest BCUT2D eigenvalue weighted by molar-refractivity contribution is 0.580. The van der Waals surface area contributed by atoms with Crippen LogP contribution in [0.5, 0.6) is 0 Å². The number of nitrogens with two attached hydrogens (primary N) is 1. The average Bonchev–Trinajstić information content (AvgIpc) is 2.17. The van der Waals surface area contributed by atoms with E-state index in [0.29, 0.717) is 11.4 Å². The number of aryl methyl sites for hydroxylation is 1. The number of hydrogen-bond acceptors (Lipinski definition) is 2. The molecule has 0 saturated heterocycles. The van der Waals surface area contributed by atoms with Crippen LogP contribution in [-0.2, 0) is 0 Å². The zero-order valence-electron chi connectivity index (χ0n) is 10.1. The van der Waals surface area contributed by atoms with E-state index in [1.165, 1.54) is 6.07 Å². The van der Waals surface area contributed by atoms with Crippen molar-refractivity contribution in [3.05, 3.63) is 35.1 Å². The summed E-state index contributed by atoms with van der Waals surface area (Å²) in [5.41, 5.74) is 3.68. The highest BCUT2D eigenvalue weighted by Gasteiger charge is 2.11. The van der Waals surface area contributed by atoms with Crippen molar-refractivity contribution in [2.45, 2.75) is 33.2 Å². The molecule has 0 unspecified atom stereocenters. The summed E-state index contributed by atoms with van der Waals surface area (Å²) in [5, 5.41) is 0. The number of hydrazine groups is 1. The van der Waals surface area contributed by atoms with Crippen LogP contribution >= 0.6 is 0 Å². The molecule has 0 aliphatic carbocycles. The predicted molar refractivity (Wildman–Crippen MR) is 64.8 cm³/mol. The Balaban J connectivity index is 3.15. The molecule has 0 saturated carbocycles. The quantitative estimate of drug-likeness (QED) is 0.332. The second-order valence-corrected chi connectivity index (χ2v) is 4.74. The fourth-order valence-electron chi connectivity index (χ4n) is 1.31. The molecule has 0 heterocycles. The number of nitrogens with one attached hydrogen (secondary N) is 1. The third-order valence-electron chi connectivity index (χ3n) is 2.02. The number of nitrogens with zero attached hydrogens (tertiary/aromatic N) is 1. The van der Waals surface area contributed by atoms with Crippen LogP contribution in [0.1, 0.15) is 31.9 Å². The van der Waals surface area contributed by atoms with Crippen LogP contribution in [0.15, 0.2) is 23.2 Å². The van der Waals surface area contributed by atoms with E-state index in [0.717, 1.165) is 5.56 Å². The maximum atomic E-state index is 13.1. The van der Waals surface area contributed by atoms with Gasteiger partial charge in [-0.3, -0.25) is 4.99 Å². The van der Waals surface area contributed by atoms with Crippen LogP contribution in [0.4, 0.5) is 4.39 Å². The Kier molecular flexibility index (Phi) is 3.65. The number of amidine groups is 1. The van der Waals surface area contributed by atoms with E-state index < -0.39 is 0 Å². The average molecular weight is 223 g/mol. The lowest BCUT2D eigenvalue weighted by atomic mass is 10.1. The molecule has 0 aliphatic rings. The normalized spacial score (nSPS) is 12.8. The first kappa shape index (κ1) is 12.6. The summed E-state index contributed by atoms with van der Waals surface area (Å²) in [7, 11) is 0. The van der Waals surface area contributed by atoms with Gasteiger partial charge in [0.15, 0.2) is 0 Å². The standard InChI is InChI=1S/C12H18FN3/c1-8-7-9(5-6-10(8)13)11(16-14)15-12(2,3)4/h5-7H,14H2,1-4H3,(H,15,16). The molecule has 1 aromatic rings. The SMILES string of the molecule is Cc1cc(C(=NC(C)(C)C)NN)ccc1F. The number of rotatable bonds is 1. The van der Waals surface area contributed by atoms with Crippen LogP contribution in [0.25, 0.3) is 0 Å². The van der Waals surface area contributed by atoms with Crippen molar-refractivity contribution in [3.63, 3.8) is 0 Å². The first-order chi connectivity index (χ1) is 7.33. The van der Waals surface area contributed by atoms with Gasteiger partial charge in [-0.2, -0.15) is 0 Å². The summed E-state index contributed by atoms with van der Waals surface area (Å²) in [6, 6.07) is 4.80. The Morgan fingerprint density at radius 3 is 2.44 bits per heavy atom. The van der Waals surface area contributed by atoms with Gasteiger partial charge in [-0.05, 0) is 51.5 Å². The lowest BCUT2D eigenvalue weighted by Crippen LogP contribution is -2.33. The molecule has 0 fully saturated rings. The van der Waals surface area contributed by atoms with Crippen molar-refractivity contribution in [2.75, 3.05) is 0 Å². The molecule has 0 aromatic heterocycles. The Labute approximate surface area is 95.5 Å². The van der Waals surface area contributed by atoms with Crippen molar-refractivity contribution >= 4 is 5.84 Å². The molecule has 88 valence electrons. The molecule has 1 rings (SSSR count). The van der Waals surface area contributed by atoms with Gasteiger partial charge in [0.2, 0.25) is 0 Å². The molecule has 0 radical (unpaired) electrons. The summed E-state index contributed by atoms with van der Waals surface area (Å²) in [4.78, 5) is 4.43.